The number of nitrogens with zero attached hydrogens (tertiary/aromatic N) is 1. The number of benzene rings is 1. The number of carboxylic acids is 1. The molecule has 0 fully saturated rings. The normalized spacial score (nSPS) is 12.9. The molecule has 0 saturated heterocycles. The summed E-state index contributed by atoms with van der Waals surface area (Å²) in [7, 11) is 2.01. The molecule has 0 amide bonds. The molecule has 0 aliphatic heterocycles. The number of carbonyl (C=O) groups is 1. The van der Waals surface area contributed by atoms with Crippen LogP contribution in [0.4, 0.5) is 5.69 Å². The third-order valence-electron chi connectivity index (χ3n) is 3.28. The lowest BCUT2D eigenvalue weighted by atomic mass is 10.0. The Hall–Kier alpha value is -1.48. The third kappa shape index (κ3) is 4.57. The predicted molar refractivity (Wildman–Crippen MR) is 85.4 cm³/mol. The first-order valence-corrected chi connectivity index (χ1v) is 7.13. The number of carboxylic acid groups (broad SMARTS) is 1. The van der Waals surface area contributed by atoms with Gasteiger partial charge in [0.1, 0.15) is 0 Å². The Kier molecular flexibility index (Phi) is 6.08. The molecule has 1 rings (SSSR count). The lowest BCUT2D eigenvalue weighted by Crippen LogP contribution is -2.30. The highest BCUT2D eigenvalue weighted by Gasteiger charge is 2.15. The van der Waals surface area contributed by atoms with E-state index in [4.69, 9.17) is 16.7 Å². The molecular weight excluding hydrogens is 274 g/mol. The Bertz CT molecular complexity index is 497. The van der Waals surface area contributed by atoms with E-state index in [1.165, 1.54) is 0 Å². The molecular formula is C16H22ClNO2. The zero-order chi connectivity index (χ0) is 15.3. The molecule has 1 aromatic carbocycles. The van der Waals surface area contributed by atoms with Crippen LogP contribution in [0.15, 0.2) is 24.3 Å². The molecule has 0 spiro atoms. The number of aliphatic carboxylic acids is 1. The van der Waals surface area contributed by atoms with E-state index < -0.39 is 5.97 Å². The number of hydrogen-bond acceptors (Lipinski definition) is 2. The van der Waals surface area contributed by atoms with Gasteiger partial charge in [-0.15, -0.1) is 0 Å². The van der Waals surface area contributed by atoms with Gasteiger partial charge < -0.3 is 10.0 Å². The van der Waals surface area contributed by atoms with E-state index in [1.807, 2.05) is 19.2 Å². The van der Waals surface area contributed by atoms with Gasteiger partial charge in [-0.3, -0.25) is 0 Å². The van der Waals surface area contributed by atoms with Crippen molar-refractivity contribution in [1.29, 1.82) is 0 Å². The van der Waals surface area contributed by atoms with Crippen LogP contribution in [0.2, 0.25) is 5.02 Å². The monoisotopic (exact) mass is 295 g/mol. The fraction of sp³-hybridized carbons (Fsp3) is 0.438. The molecule has 0 aromatic heterocycles. The summed E-state index contributed by atoms with van der Waals surface area (Å²) in [5.74, 6) is -0.376. The molecule has 0 heterocycles. The van der Waals surface area contributed by atoms with E-state index in [0.717, 1.165) is 23.7 Å². The molecule has 0 radical (unpaired) electrons. The Labute approximate surface area is 125 Å². The topological polar surface area (TPSA) is 40.5 Å². The van der Waals surface area contributed by atoms with Gasteiger partial charge in [-0.2, -0.15) is 0 Å². The van der Waals surface area contributed by atoms with Crippen molar-refractivity contribution < 1.29 is 9.90 Å². The molecule has 20 heavy (non-hydrogen) atoms. The Morgan fingerprint density at radius 1 is 1.40 bits per heavy atom. The molecule has 0 aliphatic carbocycles. The fourth-order valence-electron chi connectivity index (χ4n) is 2.23. The first kappa shape index (κ1) is 16.6. The van der Waals surface area contributed by atoms with Gasteiger partial charge in [-0.05, 0) is 37.5 Å². The van der Waals surface area contributed by atoms with Gasteiger partial charge in [-0.1, -0.05) is 31.5 Å². The van der Waals surface area contributed by atoms with Crippen molar-refractivity contribution in [2.24, 2.45) is 5.92 Å². The first-order chi connectivity index (χ1) is 9.32. The van der Waals surface area contributed by atoms with E-state index in [2.05, 4.69) is 25.7 Å². The van der Waals surface area contributed by atoms with Crippen LogP contribution in [0, 0.1) is 5.92 Å². The zero-order valence-electron chi connectivity index (χ0n) is 12.4. The van der Waals surface area contributed by atoms with Crippen LogP contribution >= 0.6 is 11.6 Å². The average Bonchev–Trinajstić information content (AvgIpc) is 2.35. The van der Waals surface area contributed by atoms with Crippen molar-refractivity contribution in [3.63, 3.8) is 0 Å². The minimum atomic E-state index is -0.978. The predicted octanol–water partition coefficient (Wildman–Crippen LogP) is 4.31. The van der Waals surface area contributed by atoms with Crippen molar-refractivity contribution >= 4 is 29.3 Å². The summed E-state index contributed by atoms with van der Waals surface area (Å²) in [6.45, 7) is 6.53. The molecule has 0 bridgehead atoms. The molecule has 110 valence electrons. The molecule has 3 nitrogen and oxygen atoms in total. The minimum Gasteiger partial charge on any atom is -0.478 e. The van der Waals surface area contributed by atoms with Gasteiger partial charge in [-0.25, -0.2) is 4.79 Å². The largest absolute Gasteiger partial charge is 0.478 e. The van der Waals surface area contributed by atoms with E-state index >= 15 is 0 Å². The van der Waals surface area contributed by atoms with E-state index in [-0.39, 0.29) is 0 Å². The maximum Gasteiger partial charge on any atom is 0.328 e. The highest BCUT2D eigenvalue weighted by atomic mass is 35.5. The number of hydrogen-bond donors (Lipinski definition) is 1. The van der Waals surface area contributed by atoms with Crippen molar-refractivity contribution in [2.45, 2.75) is 33.2 Å². The highest BCUT2D eigenvalue weighted by molar-refractivity contribution is 6.32. The van der Waals surface area contributed by atoms with Crippen LogP contribution in [-0.4, -0.2) is 24.2 Å². The van der Waals surface area contributed by atoms with Gasteiger partial charge >= 0.3 is 5.97 Å². The molecule has 1 atom stereocenters. The van der Waals surface area contributed by atoms with Crippen molar-refractivity contribution in [1.82, 2.24) is 0 Å². The summed E-state index contributed by atoms with van der Waals surface area (Å²) in [5.41, 5.74) is 1.69. The number of anilines is 1. The second-order valence-electron chi connectivity index (χ2n) is 5.43. The second kappa shape index (κ2) is 7.34. The number of halogens is 1. The van der Waals surface area contributed by atoms with Gasteiger partial charge in [0.05, 0.1) is 0 Å². The van der Waals surface area contributed by atoms with Crippen LogP contribution in [0.3, 0.4) is 0 Å². The van der Waals surface area contributed by atoms with Crippen molar-refractivity contribution in [2.75, 3.05) is 11.9 Å². The lowest BCUT2D eigenvalue weighted by Gasteiger charge is -2.30. The Balaban J connectivity index is 3.10. The average molecular weight is 296 g/mol. The molecule has 1 aromatic rings. The standard InChI is InChI=1S/C16H22ClNO2/c1-11(2)10-12(3)18(4)15-7-5-6-14(17)13(15)8-9-16(19)20/h5-9,11-12H,10H2,1-4H3,(H,19,20). The first-order valence-electron chi connectivity index (χ1n) is 6.75. The van der Waals surface area contributed by atoms with Crippen LogP contribution in [0.1, 0.15) is 32.8 Å². The van der Waals surface area contributed by atoms with Gasteiger partial charge in [0.2, 0.25) is 0 Å². The van der Waals surface area contributed by atoms with Crippen LogP contribution in [0.5, 0.6) is 0 Å². The summed E-state index contributed by atoms with van der Waals surface area (Å²) in [6.07, 6.45) is 3.73. The van der Waals surface area contributed by atoms with Crippen molar-refractivity contribution in [3.05, 3.63) is 34.9 Å². The third-order valence-corrected chi connectivity index (χ3v) is 3.61. The molecule has 1 unspecified atom stereocenters. The SMILES string of the molecule is CC(C)CC(C)N(C)c1cccc(Cl)c1C=CC(=O)O. The summed E-state index contributed by atoms with van der Waals surface area (Å²) in [5, 5.41) is 9.34. The maximum absolute atomic E-state index is 10.7. The van der Waals surface area contributed by atoms with Gasteiger partial charge in [0, 0.05) is 35.4 Å². The Morgan fingerprint density at radius 2 is 2.05 bits per heavy atom. The molecule has 4 heteroatoms. The zero-order valence-corrected chi connectivity index (χ0v) is 13.2. The van der Waals surface area contributed by atoms with Crippen LogP contribution in [-0.2, 0) is 4.79 Å². The summed E-state index contributed by atoms with van der Waals surface area (Å²) in [4.78, 5) is 12.8. The molecule has 0 aliphatic rings. The van der Waals surface area contributed by atoms with E-state index in [0.29, 0.717) is 17.0 Å². The van der Waals surface area contributed by atoms with Crippen LogP contribution < -0.4 is 4.90 Å². The number of rotatable bonds is 6. The maximum atomic E-state index is 10.7. The summed E-state index contributed by atoms with van der Waals surface area (Å²) < 4.78 is 0. The summed E-state index contributed by atoms with van der Waals surface area (Å²) >= 11 is 6.20. The van der Waals surface area contributed by atoms with Gasteiger partial charge in [0.15, 0.2) is 0 Å². The van der Waals surface area contributed by atoms with E-state index in [9.17, 15) is 4.79 Å². The Morgan fingerprint density at radius 3 is 2.60 bits per heavy atom. The smallest absolute Gasteiger partial charge is 0.328 e. The van der Waals surface area contributed by atoms with E-state index in [1.54, 1.807) is 12.1 Å². The minimum absolute atomic E-state index is 0.352. The van der Waals surface area contributed by atoms with Crippen molar-refractivity contribution in [3.8, 4) is 0 Å². The second-order valence-corrected chi connectivity index (χ2v) is 5.84. The summed E-state index contributed by atoms with van der Waals surface area (Å²) in [6, 6.07) is 5.97. The van der Waals surface area contributed by atoms with Crippen LogP contribution in [0.25, 0.3) is 6.08 Å². The lowest BCUT2D eigenvalue weighted by molar-refractivity contribution is -0.131. The highest BCUT2D eigenvalue weighted by Crippen LogP contribution is 2.30. The molecule has 1 N–H and O–H groups in total. The molecule has 0 saturated carbocycles. The fourth-order valence-corrected chi connectivity index (χ4v) is 2.46. The van der Waals surface area contributed by atoms with Gasteiger partial charge in [0.25, 0.3) is 0 Å². The quantitative estimate of drug-likeness (QED) is 0.795.